The molecule has 14 nitrogen and oxygen atoms in total. The van der Waals surface area contributed by atoms with Gasteiger partial charge in [-0.15, -0.1) is 0 Å². The molecule has 1 aromatic heterocycles. The molecule has 0 spiro atoms. The number of hydrogen-bond acceptors (Lipinski definition) is 10. The molecule has 0 aliphatic carbocycles. The van der Waals surface area contributed by atoms with Gasteiger partial charge in [0.05, 0.1) is 31.4 Å². The molecule has 1 aliphatic rings. The largest absolute Gasteiger partial charge is 0.497 e. The third-order valence-corrected chi connectivity index (χ3v) is 7.85. The highest BCUT2D eigenvalue weighted by Gasteiger charge is 2.43. The molecular weight excluding hydrogens is 672 g/mol. The number of esters is 1. The Hall–Kier alpha value is -5.49. The first-order valence-corrected chi connectivity index (χ1v) is 16.6. The highest BCUT2D eigenvalue weighted by atomic mass is 16.6. The van der Waals surface area contributed by atoms with Crippen LogP contribution in [0.5, 0.6) is 17.2 Å². The lowest BCUT2D eigenvalue weighted by Crippen LogP contribution is -2.43. The molecule has 0 radical (unpaired) electrons. The van der Waals surface area contributed by atoms with Crippen molar-refractivity contribution in [3.05, 3.63) is 77.0 Å². The maximum absolute atomic E-state index is 13.0. The van der Waals surface area contributed by atoms with Crippen LogP contribution < -0.4 is 14.2 Å². The van der Waals surface area contributed by atoms with Gasteiger partial charge in [0.2, 0.25) is 5.78 Å². The van der Waals surface area contributed by atoms with Gasteiger partial charge in [-0.05, 0) is 88.9 Å². The fourth-order valence-corrected chi connectivity index (χ4v) is 5.30. The van der Waals surface area contributed by atoms with Crippen molar-refractivity contribution in [1.29, 1.82) is 0 Å². The van der Waals surface area contributed by atoms with Crippen molar-refractivity contribution in [3.8, 4) is 17.2 Å². The topological polar surface area (TPSA) is 191 Å². The van der Waals surface area contributed by atoms with E-state index in [4.69, 9.17) is 28.9 Å². The van der Waals surface area contributed by atoms with Gasteiger partial charge in [-0.25, -0.2) is 14.6 Å². The van der Waals surface area contributed by atoms with Crippen molar-refractivity contribution in [3.63, 3.8) is 0 Å². The number of ketones is 1. The van der Waals surface area contributed by atoms with Crippen LogP contribution in [0.1, 0.15) is 89.8 Å². The third kappa shape index (κ3) is 13.0. The number of methoxy groups -OCH3 is 1. The average molecular weight is 723 g/mol. The first-order valence-electron chi connectivity index (χ1n) is 16.6. The summed E-state index contributed by atoms with van der Waals surface area (Å²) in [7, 11) is 1.54. The maximum atomic E-state index is 13.0. The summed E-state index contributed by atoms with van der Waals surface area (Å²) in [5, 5.41) is 9.69. The van der Waals surface area contributed by atoms with Crippen molar-refractivity contribution in [2.75, 3.05) is 13.7 Å². The molecule has 0 bridgehead atoms. The summed E-state index contributed by atoms with van der Waals surface area (Å²) < 4.78 is 27.0. The van der Waals surface area contributed by atoms with Gasteiger partial charge in [0.25, 0.3) is 0 Å². The van der Waals surface area contributed by atoms with Crippen LogP contribution in [0.15, 0.2) is 52.9 Å². The number of hydrogen-bond donors (Lipinski definition) is 1. The van der Waals surface area contributed by atoms with E-state index in [-0.39, 0.29) is 31.5 Å². The number of rotatable bonds is 13. The lowest BCUT2D eigenvalue weighted by Gasteiger charge is -2.27. The van der Waals surface area contributed by atoms with Crippen LogP contribution in [-0.2, 0) is 25.5 Å². The number of oxazole rings is 1. The number of likely N-dealkylation sites (tertiary alicyclic amines) is 1. The van der Waals surface area contributed by atoms with Gasteiger partial charge in [-0.2, -0.15) is 4.79 Å². The van der Waals surface area contributed by atoms with Crippen LogP contribution in [0.3, 0.4) is 0 Å². The predicted molar refractivity (Wildman–Crippen MR) is 192 cm³/mol. The van der Waals surface area contributed by atoms with E-state index < -0.39 is 29.7 Å². The standard InChI is InChI=1S/C26H28N2O7.C11H18N2O3.CH4/c1-16-22(27-17(2)34-16)14-15-33-20-6-4-18(5-7-20)23-12-13-24(25(29)30)28(23)26(31)35-21-10-8-19(32-3)9-11-21;1-8(5-6-9(14)7-13-12)10(15)16-11(2,3)4;/h4-11,23-24H,12-15H2,1-3H3,(H,29,30);7-8H,5-6H2,1-4H3;1H4/t23-,24+;8-;/m10./s1. The number of aromatic nitrogens is 1. The van der Waals surface area contributed by atoms with E-state index in [1.54, 1.807) is 59.1 Å². The summed E-state index contributed by atoms with van der Waals surface area (Å²) in [6, 6.07) is 12.5. The van der Waals surface area contributed by atoms with Crippen LogP contribution >= 0.6 is 0 Å². The Bertz CT molecular complexity index is 1690. The Morgan fingerprint density at radius 1 is 1.04 bits per heavy atom. The molecule has 52 heavy (non-hydrogen) atoms. The Labute approximate surface area is 304 Å². The molecule has 3 atom stereocenters. The number of ether oxygens (including phenoxy) is 4. The molecule has 4 rings (SSSR count). The Morgan fingerprint density at radius 3 is 2.19 bits per heavy atom. The lowest BCUT2D eigenvalue weighted by atomic mass is 10.0. The van der Waals surface area contributed by atoms with Crippen LogP contribution in [0.4, 0.5) is 4.79 Å². The third-order valence-electron chi connectivity index (χ3n) is 7.85. The van der Waals surface area contributed by atoms with Gasteiger partial charge in [0.15, 0.2) is 5.89 Å². The molecule has 1 fully saturated rings. The summed E-state index contributed by atoms with van der Waals surface area (Å²) in [6.45, 7) is 11.2. The summed E-state index contributed by atoms with van der Waals surface area (Å²) in [6.07, 6.45) is 2.17. The van der Waals surface area contributed by atoms with Crippen molar-refractivity contribution in [2.24, 2.45) is 5.92 Å². The highest BCUT2D eigenvalue weighted by molar-refractivity contribution is 6.25. The van der Waals surface area contributed by atoms with Crippen LogP contribution in [0.2, 0.25) is 0 Å². The molecular formula is C38H50N4O10. The smallest absolute Gasteiger partial charge is 0.416 e. The molecule has 14 heteroatoms. The summed E-state index contributed by atoms with van der Waals surface area (Å²) in [4.78, 5) is 55.6. The van der Waals surface area contributed by atoms with E-state index in [0.717, 1.165) is 23.2 Å². The Balaban J connectivity index is 0.000000469. The van der Waals surface area contributed by atoms with Crippen LogP contribution in [-0.4, -0.2) is 75.2 Å². The highest BCUT2D eigenvalue weighted by Crippen LogP contribution is 2.38. The second kappa shape index (κ2) is 19.8. The molecule has 1 amide bonds. The van der Waals surface area contributed by atoms with Gasteiger partial charge in [-0.3, -0.25) is 14.5 Å². The van der Waals surface area contributed by atoms with Gasteiger partial charge in [0.1, 0.15) is 34.7 Å². The van der Waals surface area contributed by atoms with Crippen molar-refractivity contribution >= 4 is 30.0 Å². The minimum Gasteiger partial charge on any atom is -0.497 e. The summed E-state index contributed by atoms with van der Waals surface area (Å²) in [5.74, 6) is 1.01. The van der Waals surface area contributed by atoms with Crippen molar-refractivity contribution in [2.45, 2.75) is 98.8 Å². The first-order chi connectivity index (χ1) is 24.1. The SMILES string of the molecule is C.COc1ccc(OC(=O)N2[C@@H](c3ccc(OCCc4nc(C)oc4C)cc3)CC[C@H]2C(=O)O)cc1.C[C@@H](CCC(=O)C=[N+]=[N-])C(=O)OC(C)(C)C. The lowest BCUT2D eigenvalue weighted by molar-refractivity contribution is -0.159. The number of carboxylic acids is 1. The number of aryl methyl sites for hydroxylation is 2. The molecule has 3 aromatic rings. The van der Waals surface area contributed by atoms with E-state index in [9.17, 15) is 24.3 Å². The summed E-state index contributed by atoms with van der Waals surface area (Å²) in [5.41, 5.74) is 9.30. The van der Waals surface area contributed by atoms with E-state index in [0.29, 0.717) is 55.4 Å². The maximum Gasteiger partial charge on any atom is 0.416 e. The molecule has 2 aromatic carbocycles. The number of carboxylic acid groups (broad SMARTS) is 1. The molecule has 0 saturated carbocycles. The second-order valence-electron chi connectivity index (χ2n) is 13.0. The number of carbonyl (C=O) groups excluding carboxylic acids is 3. The quantitative estimate of drug-likeness (QED) is 0.0830. The molecule has 2 heterocycles. The fraction of sp³-hybridized carbons (Fsp3) is 0.474. The summed E-state index contributed by atoms with van der Waals surface area (Å²) >= 11 is 0. The van der Waals surface area contributed by atoms with Crippen LogP contribution in [0.25, 0.3) is 5.53 Å². The van der Waals surface area contributed by atoms with E-state index in [1.807, 2.05) is 38.1 Å². The number of nitrogens with zero attached hydrogens (tertiary/aromatic N) is 4. The minimum atomic E-state index is -1.06. The van der Waals surface area contributed by atoms with Gasteiger partial charge in [0, 0.05) is 19.8 Å². The second-order valence-corrected chi connectivity index (χ2v) is 13.0. The molecule has 1 aliphatic heterocycles. The predicted octanol–water partition coefficient (Wildman–Crippen LogP) is 6.96. The number of carbonyl (C=O) groups is 4. The van der Waals surface area contributed by atoms with E-state index in [1.165, 1.54) is 4.90 Å². The average Bonchev–Trinajstić information content (AvgIpc) is 3.66. The molecule has 1 N–H and O–H groups in total. The van der Waals surface area contributed by atoms with E-state index in [2.05, 4.69) is 9.77 Å². The zero-order chi connectivity index (χ0) is 37.7. The zero-order valence-electron chi connectivity index (χ0n) is 30.1. The number of aliphatic carboxylic acids is 1. The normalized spacial score (nSPS) is 15.5. The van der Waals surface area contributed by atoms with Crippen molar-refractivity contribution in [1.82, 2.24) is 9.88 Å². The fourth-order valence-electron chi connectivity index (χ4n) is 5.30. The Morgan fingerprint density at radius 2 is 1.65 bits per heavy atom. The first kappa shape index (κ1) is 42.7. The van der Waals surface area contributed by atoms with Gasteiger partial charge < -0.3 is 34.0 Å². The van der Waals surface area contributed by atoms with Gasteiger partial charge in [-0.1, -0.05) is 26.5 Å². The monoisotopic (exact) mass is 722 g/mol. The molecule has 1 saturated heterocycles. The molecule has 0 unspecified atom stereocenters. The zero-order valence-corrected chi connectivity index (χ0v) is 30.1. The van der Waals surface area contributed by atoms with Crippen LogP contribution in [0, 0.1) is 19.8 Å². The number of Topliss-reactive ketones (excluding diaryl/α,β-unsaturated/α-hetero) is 1. The van der Waals surface area contributed by atoms with Gasteiger partial charge >= 0.3 is 24.2 Å². The molecule has 282 valence electrons. The van der Waals surface area contributed by atoms with Crippen molar-refractivity contribution < 1.29 is 52.4 Å². The Kier molecular flexibility index (Phi) is 16.2. The number of benzene rings is 2. The minimum absolute atomic E-state index is 0. The van der Waals surface area contributed by atoms with E-state index >= 15 is 0 Å². The number of amides is 1.